The second-order valence-corrected chi connectivity index (χ2v) is 6.97. The summed E-state index contributed by atoms with van der Waals surface area (Å²) in [7, 11) is 0. The summed E-state index contributed by atoms with van der Waals surface area (Å²) in [6.45, 7) is 4.31. The van der Waals surface area contributed by atoms with Gasteiger partial charge in [0.25, 0.3) is 5.91 Å². The molecule has 0 bridgehead atoms. The molecular weight excluding hydrogens is 362 g/mol. The number of fused-ring (bicyclic) bond motifs is 1. The van der Waals surface area contributed by atoms with Crippen molar-refractivity contribution in [1.29, 1.82) is 0 Å². The van der Waals surface area contributed by atoms with Gasteiger partial charge in [0.2, 0.25) is 5.95 Å². The minimum absolute atomic E-state index is 0.202. The van der Waals surface area contributed by atoms with E-state index in [-0.39, 0.29) is 11.9 Å². The second kappa shape index (κ2) is 7.24. The maximum absolute atomic E-state index is 13.3. The van der Waals surface area contributed by atoms with Crippen LogP contribution in [0.1, 0.15) is 24.8 Å². The molecule has 0 fully saturated rings. The van der Waals surface area contributed by atoms with Crippen molar-refractivity contribution in [2.24, 2.45) is 0 Å². The maximum Gasteiger partial charge on any atom is 0.256 e. The molecular formula is C19H19N5O2S. The van der Waals surface area contributed by atoms with Crippen molar-refractivity contribution in [3.05, 3.63) is 64.3 Å². The van der Waals surface area contributed by atoms with Crippen molar-refractivity contribution in [2.75, 3.05) is 17.2 Å². The van der Waals surface area contributed by atoms with Crippen molar-refractivity contribution in [3.63, 3.8) is 0 Å². The number of allylic oxidation sites excluding steroid dienone is 1. The van der Waals surface area contributed by atoms with Crippen LogP contribution < -0.4 is 15.4 Å². The highest BCUT2D eigenvalue weighted by atomic mass is 32.1. The van der Waals surface area contributed by atoms with Gasteiger partial charge < -0.3 is 15.4 Å². The first-order valence-electron chi connectivity index (χ1n) is 8.63. The SMILES string of the molecule is CCOc1ccccc1NC(=O)C1=C(C)Nc2ncnn2[C@H]1c1cccs1. The molecule has 3 aromatic rings. The topological polar surface area (TPSA) is 81.1 Å². The Morgan fingerprint density at radius 1 is 1.33 bits per heavy atom. The van der Waals surface area contributed by atoms with Gasteiger partial charge in [0.05, 0.1) is 17.9 Å². The van der Waals surface area contributed by atoms with E-state index in [4.69, 9.17) is 4.74 Å². The first-order valence-corrected chi connectivity index (χ1v) is 9.51. The predicted octanol–water partition coefficient (Wildman–Crippen LogP) is 3.67. The first-order chi connectivity index (χ1) is 13.2. The average Bonchev–Trinajstić information content (AvgIpc) is 3.33. The molecule has 0 spiro atoms. The number of rotatable bonds is 5. The van der Waals surface area contributed by atoms with Gasteiger partial charge in [0.15, 0.2) is 0 Å². The Balaban J connectivity index is 1.72. The zero-order valence-electron chi connectivity index (χ0n) is 15.0. The smallest absolute Gasteiger partial charge is 0.256 e. The van der Waals surface area contributed by atoms with E-state index in [2.05, 4.69) is 20.7 Å². The standard InChI is InChI=1S/C19H19N5O2S/c1-3-26-14-8-5-4-7-13(14)23-18(25)16-12(2)22-19-20-11-21-24(19)17(16)15-9-6-10-27-15/h4-11,17H,3H2,1-2H3,(H,23,25)(H,20,21,22)/t17-/m0/s1. The highest BCUT2D eigenvalue weighted by Gasteiger charge is 2.34. The quantitative estimate of drug-likeness (QED) is 0.705. The third-order valence-electron chi connectivity index (χ3n) is 4.29. The van der Waals surface area contributed by atoms with Gasteiger partial charge in [-0.2, -0.15) is 10.1 Å². The second-order valence-electron chi connectivity index (χ2n) is 5.99. The number of thiophene rings is 1. The van der Waals surface area contributed by atoms with Crippen LogP contribution in [-0.4, -0.2) is 27.3 Å². The van der Waals surface area contributed by atoms with Crippen molar-refractivity contribution < 1.29 is 9.53 Å². The lowest BCUT2D eigenvalue weighted by molar-refractivity contribution is -0.113. The van der Waals surface area contributed by atoms with Crippen LogP contribution in [0.2, 0.25) is 0 Å². The van der Waals surface area contributed by atoms with Crippen molar-refractivity contribution in [2.45, 2.75) is 19.9 Å². The number of aromatic nitrogens is 3. The van der Waals surface area contributed by atoms with Crippen LogP contribution in [-0.2, 0) is 4.79 Å². The molecule has 0 saturated heterocycles. The van der Waals surface area contributed by atoms with Crippen molar-refractivity contribution >= 4 is 28.9 Å². The van der Waals surface area contributed by atoms with Crippen LogP contribution in [0.4, 0.5) is 11.6 Å². The van der Waals surface area contributed by atoms with E-state index >= 15 is 0 Å². The molecule has 7 nitrogen and oxygen atoms in total. The molecule has 2 aromatic heterocycles. The number of nitrogens with zero attached hydrogens (tertiary/aromatic N) is 3. The minimum Gasteiger partial charge on any atom is -0.492 e. The summed E-state index contributed by atoms with van der Waals surface area (Å²) in [5, 5.41) is 12.5. The Labute approximate surface area is 160 Å². The van der Waals surface area contributed by atoms with Crippen LogP contribution in [0.15, 0.2) is 59.4 Å². The number of hydrogen-bond acceptors (Lipinski definition) is 6. The fourth-order valence-electron chi connectivity index (χ4n) is 3.14. The van der Waals surface area contributed by atoms with Crippen molar-refractivity contribution in [3.8, 4) is 5.75 Å². The van der Waals surface area contributed by atoms with Crippen molar-refractivity contribution in [1.82, 2.24) is 14.8 Å². The number of anilines is 2. The average molecular weight is 381 g/mol. The number of nitrogens with one attached hydrogen (secondary N) is 2. The summed E-state index contributed by atoms with van der Waals surface area (Å²) in [4.78, 5) is 18.5. The molecule has 0 radical (unpaired) electrons. The number of carbonyl (C=O) groups excluding carboxylic acids is 1. The molecule has 1 aliphatic heterocycles. The Bertz CT molecular complexity index is 993. The van der Waals surface area contributed by atoms with E-state index in [1.54, 1.807) is 16.0 Å². The molecule has 4 rings (SSSR count). The molecule has 0 unspecified atom stereocenters. The molecule has 1 amide bonds. The Hall–Kier alpha value is -3.13. The number of carbonyl (C=O) groups is 1. The highest BCUT2D eigenvalue weighted by molar-refractivity contribution is 7.10. The van der Waals surface area contributed by atoms with Gasteiger partial charge in [0, 0.05) is 10.6 Å². The van der Waals surface area contributed by atoms with Gasteiger partial charge in [-0.05, 0) is 37.4 Å². The highest BCUT2D eigenvalue weighted by Crippen LogP contribution is 2.37. The fraction of sp³-hybridized carbons (Fsp3) is 0.211. The van der Waals surface area contributed by atoms with Gasteiger partial charge in [0.1, 0.15) is 18.1 Å². The number of amides is 1. The summed E-state index contributed by atoms with van der Waals surface area (Å²) in [6, 6.07) is 11.0. The predicted molar refractivity (Wildman–Crippen MR) is 105 cm³/mol. The third kappa shape index (κ3) is 3.19. The minimum atomic E-state index is -0.331. The van der Waals surface area contributed by atoms with Crippen LogP contribution >= 0.6 is 11.3 Å². The molecule has 27 heavy (non-hydrogen) atoms. The largest absolute Gasteiger partial charge is 0.492 e. The van der Waals surface area contributed by atoms with Crippen LogP contribution in [0.5, 0.6) is 5.75 Å². The first kappa shape index (κ1) is 17.3. The molecule has 0 saturated carbocycles. The number of benzene rings is 1. The van der Waals surface area contributed by atoms with E-state index in [9.17, 15) is 4.79 Å². The lowest BCUT2D eigenvalue weighted by Crippen LogP contribution is -2.31. The van der Waals surface area contributed by atoms with Gasteiger partial charge >= 0.3 is 0 Å². The Kier molecular flexibility index (Phi) is 4.64. The van der Waals surface area contributed by atoms with Gasteiger partial charge in [-0.15, -0.1) is 11.3 Å². The number of hydrogen-bond donors (Lipinski definition) is 2. The number of para-hydroxylation sites is 2. The monoisotopic (exact) mass is 381 g/mol. The third-order valence-corrected chi connectivity index (χ3v) is 5.21. The molecule has 1 atom stereocenters. The molecule has 3 heterocycles. The molecule has 8 heteroatoms. The zero-order chi connectivity index (χ0) is 18.8. The van der Waals surface area contributed by atoms with Crippen LogP contribution in [0, 0.1) is 0 Å². The van der Waals surface area contributed by atoms with Gasteiger partial charge in [-0.1, -0.05) is 18.2 Å². The van der Waals surface area contributed by atoms with Crippen LogP contribution in [0.3, 0.4) is 0 Å². The summed E-state index contributed by atoms with van der Waals surface area (Å²) in [5.74, 6) is 1.06. The summed E-state index contributed by atoms with van der Waals surface area (Å²) >= 11 is 1.58. The maximum atomic E-state index is 13.3. The van der Waals surface area contributed by atoms with E-state index in [0.717, 1.165) is 10.6 Å². The van der Waals surface area contributed by atoms with Gasteiger partial charge in [-0.3, -0.25) is 4.79 Å². The Morgan fingerprint density at radius 2 is 2.19 bits per heavy atom. The lowest BCUT2D eigenvalue weighted by Gasteiger charge is -2.27. The molecule has 0 aliphatic carbocycles. The molecule has 2 N–H and O–H groups in total. The summed E-state index contributed by atoms with van der Waals surface area (Å²) in [5.41, 5.74) is 1.99. The normalized spacial score (nSPS) is 15.9. The number of ether oxygens (including phenoxy) is 1. The molecule has 1 aliphatic rings. The zero-order valence-corrected chi connectivity index (χ0v) is 15.8. The Morgan fingerprint density at radius 3 is 2.96 bits per heavy atom. The van der Waals surface area contributed by atoms with E-state index in [1.165, 1.54) is 6.33 Å². The van der Waals surface area contributed by atoms with Crippen LogP contribution in [0.25, 0.3) is 0 Å². The fourth-order valence-corrected chi connectivity index (χ4v) is 3.95. The summed E-state index contributed by atoms with van der Waals surface area (Å²) in [6.07, 6.45) is 1.49. The molecule has 1 aromatic carbocycles. The summed E-state index contributed by atoms with van der Waals surface area (Å²) < 4.78 is 7.36. The molecule has 138 valence electrons. The lowest BCUT2D eigenvalue weighted by atomic mass is 10.0. The van der Waals surface area contributed by atoms with E-state index < -0.39 is 0 Å². The van der Waals surface area contributed by atoms with Gasteiger partial charge in [-0.25, -0.2) is 4.68 Å². The van der Waals surface area contributed by atoms with E-state index in [0.29, 0.717) is 29.6 Å². The van der Waals surface area contributed by atoms with E-state index in [1.807, 2.05) is 55.6 Å².